The van der Waals surface area contributed by atoms with E-state index in [0.717, 1.165) is 16.8 Å². The van der Waals surface area contributed by atoms with E-state index in [0.29, 0.717) is 21.6 Å². The molecule has 4 aromatic rings. The number of aryl methyl sites for hydroxylation is 1. The van der Waals surface area contributed by atoms with Crippen LogP contribution >= 0.6 is 11.3 Å². The predicted octanol–water partition coefficient (Wildman–Crippen LogP) is 5.11. The fraction of sp³-hybridized carbons (Fsp3) is 0.0909. The van der Waals surface area contributed by atoms with Gasteiger partial charge in [0.1, 0.15) is 5.82 Å². The quantitative estimate of drug-likeness (QED) is 0.430. The van der Waals surface area contributed by atoms with E-state index >= 15 is 0 Å². The van der Waals surface area contributed by atoms with Crippen LogP contribution in [0, 0.1) is 12.7 Å². The molecule has 2 heterocycles. The van der Waals surface area contributed by atoms with Crippen molar-refractivity contribution in [1.29, 1.82) is 0 Å². The highest BCUT2D eigenvalue weighted by atomic mass is 32.1. The van der Waals surface area contributed by atoms with Gasteiger partial charge in [0.25, 0.3) is 5.91 Å². The molecule has 0 aliphatic carbocycles. The zero-order chi connectivity index (χ0) is 20.4. The molecule has 5 nitrogen and oxygen atoms in total. The highest BCUT2D eigenvalue weighted by molar-refractivity contribution is 7.12. The number of carbonyl (C=O) groups is 2. The number of carbonyl (C=O) groups excluding carboxylic acids is 2. The number of anilines is 2. The molecule has 0 fully saturated rings. The summed E-state index contributed by atoms with van der Waals surface area (Å²) in [7, 11) is 0. The lowest BCUT2D eigenvalue weighted by molar-refractivity contribution is -0.115. The van der Waals surface area contributed by atoms with Gasteiger partial charge in [-0.2, -0.15) is 0 Å². The van der Waals surface area contributed by atoms with E-state index in [-0.39, 0.29) is 24.1 Å². The summed E-state index contributed by atoms with van der Waals surface area (Å²) in [5.74, 6) is -0.703. The number of hydrogen-bond donors (Lipinski definition) is 3. The molecule has 2 aromatic carbocycles. The lowest BCUT2D eigenvalue weighted by Gasteiger charge is -2.08. The average Bonchev–Trinajstić information content (AvgIpc) is 3.33. The molecular weight excluding hydrogens is 389 g/mol. The van der Waals surface area contributed by atoms with Crippen molar-refractivity contribution >= 4 is 45.4 Å². The van der Waals surface area contributed by atoms with Crippen molar-refractivity contribution in [3.05, 3.63) is 81.9 Å². The third-order valence-corrected chi connectivity index (χ3v) is 5.46. The van der Waals surface area contributed by atoms with Crippen molar-refractivity contribution in [2.75, 3.05) is 10.6 Å². The van der Waals surface area contributed by atoms with E-state index in [1.54, 1.807) is 36.4 Å². The molecule has 0 saturated heterocycles. The molecule has 0 aliphatic heterocycles. The lowest BCUT2D eigenvalue weighted by atomic mass is 10.1. The number of halogens is 1. The molecule has 2 amide bonds. The van der Waals surface area contributed by atoms with Crippen molar-refractivity contribution < 1.29 is 14.0 Å². The molecule has 0 atom stereocenters. The normalized spacial score (nSPS) is 10.8. The van der Waals surface area contributed by atoms with E-state index in [4.69, 9.17) is 0 Å². The number of aromatic nitrogens is 1. The summed E-state index contributed by atoms with van der Waals surface area (Å²) in [5, 5.41) is 8.21. The van der Waals surface area contributed by atoms with Crippen molar-refractivity contribution in [1.82, 2.24) is 4.98 Å². The number of amides is 2. The van der Waals surface area contributed by atoms with Crippen LogP contribution in [0.4, 0.5) is 15.8 Å². The summed E-state index contributed by atoms with van der Waals surface area (Å²) in [6, 6.07) is 15.0. The molecule has 146 valence electrons. The van der Waals surface area contributed by atoms with E-state index < -0.39 is 0 Å². The van der Waals surface area contributed by atoms with Crippen molar-refractivity contribution in [2.45, 2.75) is 13.3 Å². The Morgan fingerprint density at radius 1 is 1.03 bits per heavy atom. The highest BCUT2D eigenvalue weighted by Gasteiger charge is 2.14. The number of benzene rings is 2. The fourth-order valence-electron chi connectivity index (χ4n) is 3.19. The van der Waals surface area contributed by atoms with Crippen LogP contribution in [0.5, 0.6) is 0 Å². The molecule has 29 heavy (non-hydrogen) atoms. The van der Waals surface area contributed by atoms with Gasteiger partial charge < -0.3 is 15.6 Å². The smallest absolute Gasteiger partial charge is 0.265 e. The first-order valence-electron chi connectivity index (χ1n) is 9.01. The summed E-state index contributed by atoms with van der Waals surface area (Å²) >= 11 is 1.37. The second kappa shape index (κ2) is 7.89. The first-order valence-corrected chi connectivity index (χ1v) is 9.89. The monoisotopic (exact) mass is 407 g/mol. The number of H-pyrrole nitrogens is 1. The van der Waals surface area contributed by atoms with E-state index in [9.17, 15) is 14.0 Å². The van der Waals surface area contributed by atoms with E-state index in [1.165, 1.54) is 23.5 Å². The minimum Gasteiger partial charge on any atom is -0.358 e. The summed E-state index contributed by atoms with van der Waals surface area (Å²) in [6.07, 6.45) is 0.131. The number of aromatic amines is 1. The molecular formula is C22H18FN3O2S. The fourth-order valence-corrected chi connectivity index (χ4v) is 3.80. The van der Waals surface area contributed by atoms with Crippen LogP contribution in [-0.4, -0.2) is 16.8 Å². The first-order chi connectivity index (χ1) is 14.0. The zero-order valence-corrected chi connectivity index (χ0v) is 16.4. The van der Waals surface area contributed by atoms with E-state index in [1.807, 2.05) is 18.4 Å². The predicted molar refractivity (Wildman–Crippen MR) is 114 cm³/mol. The van der Waals surface area contributed by atoms with Crippen LogP contribution in [-0.2, 0) is 11.2 Å². The number of rotatable bonds is 5. The highest BCUT2D eigenvalue weighted by Crippen LogP contribution is 2.24. The Bertz CT molecular complexity index is 1180. The molecule has 0 saturated carbocycles. The van der Waals surface area contributed by atoms with Gasteiger partial charge in [0.05, 0.1) is 11.3 Å². The molecule has 0 bridgehead atoms. The molecule has 0 spiro atoms. The SMILES string of the molecule is Cc1[nH]c2ccc(F)cc2c1CC(=O)Nc1ccc(NC(=O)c2cccs2)cc1. The second-order valence-corrected chi connectivity index (χ2v) is 7.60. The molecule has 0 aliphatic rings. The number of hydrogen-bond acceptors (Lipinski definition) is 3. The van der Waals surface area contributed by atoms with Gasteiger partial charge in [-0.05, 0) is 66.4 Å². The van der Waals surface area contributed by atoms with Gasteiger partial charge in [-0.25, -0.2) is 4.39 Å². The number of thiophene rings is 1. The maximum Gasteiger partial charge on any atom is 0.265 e. The van der Waals surface area contributed by atoms with Crippen LogP contribution in [0.25, 0.3) is 10.9 Å². The molecule has 0 radical (unpaired) electrons. The first kappa shape index (κ1) is 18.9. The standard InChI is InChI=1S/C22H18FN3O2S/c1-13-17(18-11-14(23)4-9-19(18)24-13)12-21(27)25-15-5-7-16(8-6-15)26-22(28)20-3-2-10-29-20/h2-11,24H,12H2,1H3,(H,25,27)(H,26,28). The Labute approximate surface area is 170 Å². The van der Waals surface area contributed by atoms with Gasteiger partial charge in [0.2, 0.25) is 5.91 Å². The molecule has 4 rings (SSSR count). The molecule has 0 unspecified atom stereocenters. The summed E-state index contributed by atoms with van der Waals surface area (Å²) < 4.78 is 13.6. The summed E-state index contributed by atoms with van der Waals surface area (Å²) in [6.45, 7) is 1.87. The Morgan fingerprint density at radius 2 is 1.76 bits per heavy atom. The third-order valence-electron chi connectivity index (χ3n) is 4.59. The van der Waals surface area contributed by atoms with Crippen LogP contribution < -0.4 is 10.6 Å². The summed E-state index contributed by atoms with van der Waals surface area (Å²) in [4.78, 5) is 28.4. The van der Waals surface area contributed by atoms with Gasteiger partial charge in [0.15, 0.2) is 0 Å². The lowest BCUT2D eigenvalue weighted by Crippen LogP contribution is -2.15. The van der Waals surface area contributed by atoms with E-state index in [2.05, 4.69) is 15.6 Å². The number of nitrogens with one attached hydrogen (secondary N) is 3. The maximum absolute atomic E-state index is 13.6. The average molecular weight is 407 g/mol. The largest absolute Gasteiger partial charge is 0.358 e. The topological polar surface area (TPSA) is 74.0 Å². The minimum absolute atomic E-state index is 0.131. The maximum atomic E-state index is 13.6. The Kier molecular flexibility index (Phi) is 5.14. The minimum atomic E-state index is -0.335. The Hall–Kier alpha value is -3.45. The van der Waals surface area contributed by atoms with Gasteiger partial charge in [-0.15, -0.1) is 11.3 Å². The zero-order valence-electron chi connectivity index (χ0n) is 15.6. The molecule has 7 heteroatoms. The Balaban J connectivity index is 1.42. The van der Waals surface area contributed by atoms with Gasteiger partial charge >= 0.3 is 0 Å². The van der Waals surface area contributed by atoms with Crippen molar-refractivity contribution in [3.8, 4) is 0 Å². The van der Waals surface area contributed by atoms with Crippen LogP contribution in [0.15, 0.2) is 60.0 Å². The van der Waals surface area contributed by atoms with Crippen LogP contribution in [0.1, 0.15) is 20.9 Å². The van der Waals surface area contributed by atoms with Crippen molar-refractivity contribution in [2.24, 2.45) is 0 Å². The van der Waals surface area contributed by atoms with Gasteiger partial charge in [-0.1, -0.05) is 6.07 Å². The number of fused-ring (bicyclic) bond motifs is 1. The third kappa shape index (κ3) is 4.20. The summed E-state index contributed by atoms with van der Waals surface area (Å²) in [5.41, 5.74) is 3.68. The molecule has 2 aromatic heterocycles. The van der Waals surface area contributed by atoms with Crippen molar-refractivity contribution in [3.63, 3.8) is 0 Å². The van der Waals surface area contributed by atoms with Crippen LogP contribution in [0.2, 0.25) is 0 Å². The Morgan fingerprint density at radius 3 is 2.45 bits per heavy atom. The van der Waals surface area contributed by atoms with Gasteiger partial charge in [-0.3, -0.25) is 9.59 Å². The van der Waals surface area contributed by atoms with Gasteiger partial charge in [0, 0.05) is 28.0 Å². The second-order valence-electron chi connectivity index (χ2n) is 6.65. The van der Waals surface area contributed by atoms with Crippen LogP contribution in [0.3, 0.4) is 0 Å². The molecule has 3 N–H and O–H groups in total.